The van der Waals surface area contributed by atoms with Crippen LogP contribution in [0.1, 0.15) is 0 Å². The van der Waals surface area contributed by atoms with Crippen molar-refractivity contribution < 1.29 is 30.3 Å². The van der Waals surface area contributed by atoms with Gasteiger partial charge >= 0.3 is 11.9 Å². The Balaban J connectivity index is 4.31. The average molecular weight is 167 g/mol. The number of hydrogen-bond donors (Lipinski definition) is 4. The lowest BCUT2D eigenvalue weighted by atomic mass is 10.4. The minimum atomic E-state index is -3.01. The number of rotatable bonds is 3. The zero-order valence-corrected chi connectivity index (χ0v) is 5.76. The molecule has 0 aromatic heterocycles. The second-order valence-corrected chi connectivity index (χ2v) is 1.85. The predicted octanol–water partition coefficient (Wildman–Crippen LogP) is -2.48. The van der Waals surface area contributed by atoms with E-state index in [1.165, 1.54) is 0 Å². The molecule has 0 fully saturated rings. The number of aliphatic hydroxyl groups is 3. The van der Waals surface area contributed by atoms with Crippen LogP contribution in [0.3, 0.4) is 0 Å². The van der Waals surface area contributed by atoms with Crippen molar-refractivity contribution in [3.8, 4) is 0 Å². The summed E-state index contributed by atoms with van der Waals surface area (Å²) in [5, 5.41) is 33.5. The molecule has 0 spiro atoms. The average Bonchev–Trinajstić information content (AvgIpc) is 2.01. The standard InChI is InChI=1S/C4H9NO6/c1-5(2-6)4(8,9)3(7)11-10/h6,8-10H,2H2,1H3. The van der Waals surface area contributed by atoms with Crippen LogP contribution in [-0.4, -0.2) is 51.1 Å². The molecular weight excluding hydrogens is 158 g/mol. The zero-order chi connectivity index (χ0) is 9.07. The van der Waals surface area contributed by atoms with Crippen molar-refractivity contribution in [3.05, 3.63) is 0 Å². The molecule has 0 heterocycles. The van der Waals surface area contributed by atoms with Crippen LogP contribution in [0, 0.1) is 0 Å². The van der Waals surface area contributed by atoms with E-state index in [1.54, 1.807) is 0 Å². The Morgan fingerprint density at radius 2 is 2.09 bits per heavy atom. The van der Waals surface area contributed by atoms with Crippen molar-refractivity contribution in [2.24, 2.45) is 0 Å². The summed E-state index contributed by atoms with van der Waals surface area (Å²) < 4.78 is 0. The molecule has 0 radical (unpaired) electrons. The molecule has 0 bridgehead atoms. The summed E-state index contributed by atoms with van der Waals surface area (Å²) in [4.78, 5) is 13.8. The third kappa shape index (κ3) is 2.10. The van der Waals surface area contributed by atoms with Gasteiger partial charge in [-0.15, -0.1) is 0 Å². The minimum Gasteiger partial charge on any atom is -0.381 e. The molecule has 0 unspecified atom stereocenters. The van der Waals surface area contributed by atoms with Gasteiger partial charge in [0.25, 0.3) is 0 Å². The van der Waals surface area contributed by atoms with Crippen molar-refractivity contribution in [1.82, 2.24) is 4.90 Å². The summed E-state index contributed by atoms with van der Waals surface area (Å²) in [6.45, 7) is -0.776. The van der Waals surface area contributed by atoms with E-state index in [0.717, 1.165) is 7.05 Å². The van der Waals surface area contributed by atoms with E-state index in [1.807, 2.05) is 0 Å². The molecular formula is C4H9NO6. The zero-order valence-electron chi connectivity index (χ0n) is 5.76. The number of carbonyl (C=O) groups is 1. The smallest absolute Gasteiger partial charge is 0.381 e. The lowest BCUT2D eigenvalue weighted by Crippen LogP contribution is -2.53. The molecule has 0 saturated heterocycles. The maximum atomic E-state index is 10.3. The lowest BCUT2D eigenvalue weighted by molar-refractivity contribution is -0.313. The van der Waals surface area contributed by atoms with Crippen molar-refractivity contribution >= 4 is 5.97 Å². The first kappa shape index (κ1) is 10.3. The first-order valence-corrected chi connectivity index (χ1v) is 2.59. The van der Waals surface area contributed by atoms with Gasteiger partial charge in [0, 0.05) is 0 Å². The molecule has 4 N–H and O–H groups in total. The second-order valence-electron chi connectivity index (χ2n) is 1.85. The van der Waals surface area contributed by atoms with Crippen LogP contribution in [0.5, 0.6) is 0 Å². The molecule has 7 nitrogen and oxygen atoms in total. The van der Waals surface area contributed by atoms with Crippen LogP contribution >= 0.6 is 0 Å². The van der Waals surface area contributed by atoms with Crippen molar-refractivity contribution in [1.29, 1.82) is 0 Å². The summed E-state index contributed by atoms with van der Waals surface area (Å²) in [7, 11) is 1.04. The first-order valence-electron chi connectivity index (χ1n) is 2.59. The van der Waals surface area contributed by atoms with Gasteiger partial charge in [-0.2, -0.15) is 5.26 Å². The molecule has 0 aliphatic rings. The molecule has 0 rings (SSSR count). The third-order valence-corrected chi connectivity index (χ3v) is 1.10. The quantitative estimate of drug-likeness (QED) is 0.209. The molecule has 0 aliphatic carbocycles. The monoisotopic (exact) mass is 167 g/mol. The fourth-order valence-corrected chi connectivity index (χ4v) is 0.316. The largest absolute Gasteiger partial charge is 0.417 e. The van der Waals surface area contributed by atoms with E-state index in [2.05, 4.69) is 4.89 Å². The van der Waals surface area contributed by atoms with Crippen LogP contribution in [-0.2, 0) is 9.68 Å². The molecule has 0 aliphatic heterocycles. The lowest BCUT2D eigenvalue weighted by Gasteiger charge is -2.25. The van der Waals surface area contributed by atoms with E-state index < -0.39 is 18.6 Å². The van der Waals surface area contributed by atoms with Gasteiger partial charge in [0.05, 0.1) is 0 Å². The Morgan fingerprint density at radius 1 is 1.64 bits per heavy atom. The summed E-state index contributed by atoms with van der Waals surface area (Å²) in [5.41, 5.74) is 0. The van der Waals surface area contributed by atoms with Gasteiger partial charge in [-0.1, -0.05) is 0 Å². The summed E-state index contributed by atoms with van der Waals surface area (Å²) in [5.74, 6) is -4.70. The Labute approximate surface area is 62.0 Å². The fourth-order valence-electron chi connectivity index (χ4n) is 0.316. The van der Waals surface area contributed by atoms with Crippen LogP contribution < -0.4 is 0 Å². The van der Waals surface area contributed by atoms with Crippen LogP contribution in [0.15, 0.2) is 0 Å². The number of hydrogen-bond acceptors (Lipinski definition) is 7. The fraction of sp³-hybridized carbons (Fsp3) is 0.750. The van der Waals surface area contributed by atoms with E-state index in [9.17, 15) is 4.79 Å². The molecule has 0 saturated carbocycles. The Morgan fingerprint density at radius 3 is 2.36 bits per heavy atom. The predicted molar refractivity (Wildman–Crippen MR) is 30.7 cm³/mol. The minimum absolute atomic E-state index is 0.450. The molecule has 7 heteroatoms. The number of nitrogens with zero attached hydrogens (tertiary/aromatic N) is 1. The summed E-state index contributed by atoms with van der Waals surface area (Å²) >= 11 is 0. The Bertz CT molecular complexity index is 146. The number of carbonyl (C=O) groups excluding carboxylic acids is 1. The summed E-state index contributed by atoms with van der Waals surface area (Å²) in [6.07, 6.45) is 0. The molecule has 0 aromatic carbocycles. The van der Waals surface area contributed by atoms with Crippen molar-refractivity contribution in [3.63, 3.8) is 0 Å². The number of likely N-dealkylation sites (N-methyl/N-ethyl adjacent to an activating group) is 1. The van der Waals surface area contributed by atoms with Gasteiger partial charge in [-0.3, -0.25) is 4.89 Å². The highest BCUT2D eigenvalue weighted by Gasteiger charge is 2.40. The van der Waals surface area contributed by atoms with Crippen LogP contribution in [0.25, 0.3) is 0 Å². The second kappa shape index (κ2) is 3.60. The normalized spacial score (nSPS) is 11.8. The van der Waals surface area contributed by atoms with Gasteiger partial charge in [-0.05, 0) is 7.05 Å². The van der Waals surface area contributed by atoms with Crippen molar-refractivity contribution in [2.45, 2.75) is 5.91 Å². The molecule has 0 aromatic rings. The SMILES string of the molecule is CN(CO)C(O)(O)C(=O)OO. The topological polar surface area (TPSA) is 110 Å². The highest BCUT2D eigenvalue weighted by molar-refractivity contribution is 5.75. The molecule has 0 amide bonds. The first-order chi connectivity index (χ1) is 4.96. The van der Waals surface area contributed by atoms with Crippen LogP contribution in [0.2, 0.25) is 0 Å². The van der Waals surface area contributed by atoms with E-state index in [0.29, 0.717) is 4.90 Å². The molecule has 11 heavy (non-hydrogen) atoms. The van der Waals surface area contributed by atoms with E-state index in [4.69, 9.17) is 20.6 Å². The molecule has 0 atom stereocenters. The third-order valence-electron chi connectivity index (χ3n) is 1.10. The van der Waals surface area contributed by atoms with E-state index in [-0.39, 0.29) is 0 Å². The van der Waals surface area contributed by atoms with E-state index >= 15 is 0 Å². The van der Waals surface area contributed by atoms with Crippen LogP contribution in [0.4, 0.5) is 0 Å². The van der Waals surface area contributed by atoms with Crippen molar-refractivity contribution in [2.75, 3.05) is 13.8 Å². The Hall–Kier alpha value is -0.730. The van der Waals surface area contributed by atoms with Gasteiger partial charge in [0.2, 0.25) is 0 Å². The maximum Gasteiger partial charge on any atom is 0.417 e. The highest BCUT2D eigenvalue weighted by Crippen LogP contribution is 2.05. The maximum absolute atomic E-state index is 10.3. The molecule has 66 valence electrons. The van der Waals surface area contributed by atoms with Gasteiger partial charge in [-0.25, -0.2) is 9.69 Å². The van der Waals surface area contributed by atoms with Gasteiger partial charge in [0.1, 0.15) is 6.73 Å². The number of aliphatic hydroxyl groups excluding tert-OH is 1. The highest BCUT2D eigenvalue weighted by atomic mass is 17.1. The summed E-state index contributed by atoms with van der Waals surface area (Å²) in [6, 6.07) is 0. The van der Waals surface area contributed by atoms with Gasteiger partial charge in [0.15, 0.2) is 0 Å². The Kier molecular flexibility index (Phi) is 3.36. The van der Waals surface area contributed by atoms with Gasteiger partial charge < -0.3 is 15.3 Å².